The molecule has 8 heteroatoms. The second-order valence-electron chi connectivity index (χ2n) is 17.3. The number of benzene rings is 9. The Balaban J connectivity index is 0.923. The average Bonchev–Trinajstić information content (AvgIpc) is 3.96. The van der Waals surface area contributed by atoms with Gasteiger partial charge >= 0.3 is 349 Å². The molecule has 328 valence electrons. The van der Waals surface area contributed by atoms with Crippen LogP contribution >= 0.6 is 0 Å². The van der Waals surface area contributed by atoms with Crippen LogP contribution in [0.4, 0.5) is 22.9 Å². The van der Waals surface area contributed by atoms with Crippen molar-refractivity contribution in [1.29, 1.82) is 0 Å². The van der Waals surface area contributed by atoms with E-state index in [1.54, 1.807) is 12.1 Å². The van der Waals surface area contributed by atoms with Gasteiger partial charge in [0.2, 0.25) is 0 Å². The number of para-hydroxylation sites is 4. The van der Waals surface area contributed by atoms with Gasteiger partial charge in [0.25, 0.3) is 0 Å². The second kappa shape index (κ2) is 15.7. The van der Waals surface area contributed by atoms with Gasteiger partial charge in [-0.05, 0) is 11.6 Å². The molecule has 0 fully saturated rings. The summed E-state index contributed by atoms with van der Waals surface area (Å²) in [6, 6.07) is 73.4. The topological polar surface area (TPSA) is 38.5 Å². The van der Waals surface area contributed by atoms with Crippen LogP contribution in [0.25, 0.3) is 78.0 Å². The Bertz CT molecular complexity index is 4180. The quantitative estimate of drug-likeness (QED) is 0.118. The number of ether oxygens (including phenoxy) is 1. The smallest absolute Gasteiger partial charge is 0.0275 e. The van der Waals surface area contributed by atoms with Crippen molar-refractivity contribution < 1.29 is 30.9 Å². The Morgan fingerprint density at radius 1 is 0.565 bits per heavy atom. The maximum absolute atomic E-state index is 9.66. The van der Waals surface area contributed by atoms with E-state index >= 15 is 0 Å². The molecule has 0 unspecified atom stereocenters. The molecule has 0 radical (unpaired) electrons. The van der Waals surface area contributed by atoms with Gasteiger partial charge in [0.1, 0.15) is 0 Å². The Morgan fingerprint density at radius 2 is 1.19 bits per heavy atom. The van der Waals surface area contributed by atoms with Gasteiger partial charge in [0, 0.05) is 11.3 Å². The van der Waals surface area contributed by atoms with Gasteiger partial charge in [-0.3, -0.25) is 0 Å². The molecule has 14 rings (SSSR count). The Kier molecular flexibility index (Phi) is 7.94. The van der Waals surface area contributed by atoms with E-state index in [2.05, 4.69) is 135 Å². The number of nitrogens with zero attached hydrogens (tertiary/aromatic N) is 5. The monoisotopic (exact) mass is 1070 g/mol. The van der Waals surface area contributed by atoms with Crippen LogP contribution in [0.2, 0.25) is 0 Å². The number of rotatable bonds is 7. The predicted molar refractivity (Wildman–Crippen MR) is 276 cm³/mol. The van der Waals surface area contributed by atoms with E-state index in [9.17, 15) is 2.74 Å². The number of anilines is 4. The van der Waals surface area contributed by atoms with E-state index in [1.165, 1.54) is 0 Å². The second-order valence-corrected chi connectivity index (χ2v) is 18.3. The largest absolute Gasteiger partial charge is 0.0615 e. The molecule has 11 aromatic rings. The van der Waals surface area contributed by atoms with Crippen LogP contribution in [0.5, 0.6) is 11.6 Å². The zero-order valence-electron chi connectivity index (χ0n) is 41.6. The van der Waals surface area contributed by atoms with Crippen molar-refractivity contribution in [3.63, 3.8) is 0 Å². The zero-order valence-corrected chi connectivity index (χ0v) is 38.9. The Morgan fingerprint density at radius 3 is 1.97 bits per heavy atom. The summed E-state index contributed by atoms with van der Waals surface area (Å²) < 4.78 is 56.9. The minimum absolute atomic E-state index is 0.0130. The van der Waals surface area contributed by atoms with Gasteiger partial charge in [-0.2, -0.15) is 12.1 Å². The molecule has 6 nitrogen and oxygen atoms in total. The van der Waals surface area contributed by atoms with Crippen LogP contribution in [0, 0.1) is 22.8 Å². The molecular weight excluding hydrogens is 1020 g/mol. The van der Waals surface area contributed by atoms with E-state index in [1.807, 2.05) is 103 Å². The van der Waals surface area contributed by atoms with Crippen LogP contribution in [0.15, 0.2) is 212 Å². The minimum atomic E-state index is -2.39. The SMILES string of the molecule is [2H]c1c(Oc2[c-]c(-n3[c](=[Pt])n(-c4c(-c5ccccc5)cc(C([2H])([2H])[2H])cc4-c4ccc(-c5ccccc5)cc4)c4ccccc43)ccc2)nc2c(c1[2H])-c1cccc3c1B1N(c4ccc[c-]c4N12)c1ccccc1-3. The maximum atomic E-state index is 9.66. The summed E-state index contributed by atoms with van der Waals surface area (Å²) in [5.41, 5.74) is 16.5. The molecule has 0 saturated heterocycles. The molecule has 3 aliphatic rings. The molecule has 2 aromatic heterocycles. The molecule has 0 atom stereocenters. The third-order valence-corrected chi connectivity index (χ3v) is 14.5. The summed E-state index contributed by atoms with van der Waals surface area (Å²) in [5.74, 6) is 0.823. The van der Waals surface area contributed by atoms with Crippen LogP contribution in [-0.4, -0.2) is 21.1 Å². The third-order valence-electron chi connectivity index (χ3n) is 13.5. The van der Waals surface area contributed by atoms with Crippen molar-refractivity contribution in [2.24, 2.45) is 0 Å². The summed E-state index contributed by atoms with van der Waals surface area (Å²) >= 11 is 2.35. The minimum Gasteiger partial charge on any atom is -0.0615 e. The fourth-order valence-corrected chi connectivity index (χ4v) is 11.7. The summed E-state index contributed by atoms with van der Waals surface area (Å²) in [5, 5.41) is 0. The summed E-state index contributed by atoms with van der Waals surface area (Å²) in [6.07, 6.45) is 0. The Hall–Kier alpha value is -8.25. The molecule has 69 heavy (non-hydrogen) atoms. The number of hydrogen-bond donors (Lipinski definition) is 0. The van der Waals surface area contributed by atoms with E-state index in [0.29, 0.717) is 22.8 Å². The van der Waals surface area contributed by atoms with Crippen LogP contribution < -0.4 is 19.8 Å². The van der Waals surface area contributed by atoms with Crippen molar-refractivity contribution in [3.8, 4) is 78.6 Å². The molecule has 5 heterocycles. The molecular formula is C61H38BN5OPt-2. The molecule has 0 saturated carbocycles. The van der Waals surface area contributed by atoms with Crippen LogP contribution in [0.1, 0.15) is 12.4 Å². The van der Waals surface area contributed by atoms with Gasteiger partial charge in [-0.1, -0.05) is 30.3 Å². The fraction of sp³-hybridized carbons (Fsp3) is 0.0164. The summed E-state index contributed by atoms with van der Waals surface area (Å²) in [7, 11) is 0. The van der Waals surface area contributed by atoms with E-state index < -0.39 is 6.85 Å². The average molecular weight is 1070 g/mol. The first kappa shape index (κ1) is 35.0. The number of aryl methyl sites for hydroxylation is 1. The standard InChI is InChI=1S/C61H38BN5O.Pt/c1-40-36-51(43-18-6-3-7-19-43)60(52(37-40)44-32-30-42(31-33-44)41-16-4-2-5-17-41)65-39-64(54-26-10-11-27-55(54)65)45-20-14-21-46(38-45)68-58-35-34-50-49-24-15-23-48-47-22-8-9-25-53(47)66-56-28-12-13-29-57(56)67(61(50)63-58)62(66)59(48)49;/h2-28,30-37H,1H3;/q-2;/i1D3,34D,35D;. The molecule has 0 spiro atoms. The summed E-state index contributed by atoms with van der Waals surface area (Å²) in [6.45, 7) is -2.68. The van der Waals surface area contributed by atoms with Crippen molar-refractivity contribution in [2.75, 3.05) is 9.62 Å². The third kappa shape index (κ3) is 6.17. The normalized spacial score (nSPS) is 13.9. The van der Waals surface area contributed by atoms with Gasteiger partial charge in [-0.25, -0.2) is 0 Å². The van der Waals surface area contributed by atoms with Gasteiger partial charge < -0.3 is 0 Å². The molecule has 0 aliphatic carbocycles. The molecule has 0 amide bonds. The zero-order chi connectivity index (χ0) is 50.0. The molecule has 3 aliphatic heterocycles. The van der Waals surface area contributed by atoms with E-state index in [0.717, 1.165) is 93.1 Å². The molecule has 9 aromatic carbocycles. The van der Waals surface area contributed by atoms with Crippen LogP contribution in [-0.2, 0) is 19.4 Å². The maximum Gasteiger partial charge on any atom is 0.0275 e. The Labute approximate surface area is 418 Å². The van der Waals surface area contributed by atoms with E-state index in [-0.39, 0.29) is 30.5 Å². The summed E-state index contributed by atoms with van der Waals surface area (Å²) in [4.78, 5) is 9.64. The number of imidazole rings is 1. The molecule has 0 bridgehead atoms. The first-order valence-electron chi connectivity index (χ1n) is 25.2. The van der Waals surface area contributed by atoms with E-state index in [4.69, 9.17) is 13.8 Å². The number of pyridine rings is 1. The van der Waals surface area contributed by atoms with Gasteiger partial charge in [-0.15, -0.1) is 6.07 Å². The fourth-order valence-electron chi connectivity index (χ4n) is 10.6. The van der Waals surface area contributed by atoms with Gasteiger partial charge in [0.05, 0.1) is 0 Å². The molecule has 0 N–H and O–H groups in total. The van der Waals surface area contributed by atoms with Crippen molar-refractivity contribution >= 4 is 46.4 Å². The number of hydrogen-bond acceptors (Lipinski definition) is 4. The predicted octanol–water partition coefficient (Wildman–Crippen LogP) is 14.2. The van der Waals surface area contributed by atoms with Crippen molar-refractivity contribution in [2.45, 2.75) is 6.85 Å². The number of fused-ring (bicyclic) bond motifs is 10. The first-order valence-corrected chi connectivity index (χ1v) is 23.9. The van der Waals surface area contributed by atoms with Crippen molar-refractivity contribution in [1.82, 2.24) is 14.1 Å². The number of aromatic nitrogens is 3. The van der Waals surface area contributed by atoms with Gasteiger partial charge in [0.15, 0.2) is 0 Å². The first-order chi connectivity index (χ1) is 36.1. The van der Waals surface area contributed by atoms with Crippen molar-refractivity contribution in [3.05, 3.63) is 234 Å². The van der Waals surface area contributed by atoms with Crippen LogP contribution in [0.3, 0.4) is 0 Å².